The van der Waals surface area contributed by atoms with E-state index in [1.165, 1.54) is 0 Å². The van der Waals surface area contributed by atoms with Gasteiger partial charge in [0.1, 0.15) is 10.7 Å². The number of hydrogen-bond acceptors (Lipinski definition) is 3. The number of rotatable bonds is 2. The lowest BCUT2D eigenvalue weighted by Gasteiger charge is -2.24. The van der Waals surface area contributed by atoms with Gasteiger partial charge in [0.25, 0.3) is 0 Å². The highest BCUT2D eigenvalue weighted by Gasteiger charge is 2.18. The summed E-state index contributed by atoms with van der Waals surface area (Å²) in [5, 5.41) is 0.572. The lowest BCUT2D eigenvalue weighted by atomic mass is 10.1. The molecule has 3 nitrogen and oxygen atoms in total. The zero-order valence-corrected chi connectivity index (χ0v) is 13.0. The van der Waals surface area contributed by atoms with E-state index in [-0.39, 0.29) is 0 Å². The van der Waals surface area contributed by atoms with E-state index in [1.54, 1.807) is 0 Å². The van der Waals surface area contributed by atoms with Crippen LogP contribution in [0.1, 0.15) is 12.0 Å². The first-order valence-corrected chi connectivity index (χ1v) is 7.54. The van der Waals surface area contributed by atoms with Gasteiger partial charge in [-0.2, -0.15) is 0 Å². The largest absolute Gasteiger partial charge is 0.491 e. The van der Waals surface area contributed by atoms with Crippen molar-refractivity contribution < 1.29 is 4.74 Å². The Kier molecular flexibility index (Phi) is 3.99. The molecule has 0 radical (unpaired) electrons. The third-order valence-corrected chi connectivity index (χ3v) is 4.00. The summed E-state index contributed by atoms with van der Waals surface area (Å²) in [6.45, 7) is 1.59. The molecule has 0 atom stereocenters. The molecule has 1 aliphatic rings. The number of thiocarbonyl (C=S) groups is 1. The predicted octanol–water partition coefficient (Wildman–Crippen LogP) is 3.89. The van der Waals surface area contributed by atoms with E-state index in [0.717, 1.165) is 30.1 Å². The molecule has 0 amide bonds. The average Bonchev–Trinajstić information content (AvgIpc) is 2.69. The van der Waals surface area contributed by atoms with Crippen LogP contribution in [0.5, 0.6) is 5.75 Å². The Hall–Kier alpha value is -1.78. The maximum atomic E-state index is 6.29. The van der Waals surface area contributed by atoms with Crippen molar-refractivity contribution >= 4 is 40.2 Å². The standard InChI is InChI=1S/C16H15ClN2OS/c17-13-10-11(6-7-12(13)16(18)21)19-8-3-9-20-15-5-2-1-4-14(15)19/h1-2,4-7,10H,3,8-9H2,(H2,18,21). The van der Waals surface area contributed by atoms with E-state index < -0.39 is 0 Å². The smallest absolute Gasteiger partial charge is 0.142 e. The third kappa shape index (κ3) is 2.82. The van der Waals surface area contributed by atoms with Gasteiger partial charge >= 0.3 is 0 Å². The number of fused-ring (bicyclic) bond motifs is 1. The molecule has 0 fully saturated rings. The second-order valence-corrected chi connectivity index (χ2v) is 5.70. The summed E-state index contributed by atoms with van der Waals surface area (Å²) < 4.78 is 5.78. The third-order valence-electron chi connectivity index (χ3n) is 3.47. The summed E-state index contributed by atoms with van der Waals surface area (Å²) in [5.74, 6) is 0.893. The first kappa shape index (κ1) is 14.2. The molecule has 2 N–H and O–H groups in total. The Morgan fingerprint density at radius 1 is 1.24 bits per heavy atom. The molecule has 0 spiro atoms. The molecule has 1 heterocycles. The summed E-state index contributed by atoms with van der Waals surface area (Å²) in [4.78, 5) is 2.52. The molecular weight excluding hydrogens is 304 g/mol. The number of nitrogens with zero attached hydrogens (tertiary/aromatic N) is 1. The van der Waals surface area contributed by atoms with Gasteiger partial charge in [-0.15, -0.1) is 0 Å². The highest BCUT2D eigenvalue weighted by molar-refractivity contribution is 7.80. The van der Waals surface area contributed by atoms with Crippen molar-refractivity contribution in [1.29, 1.82) is 0 Å². The minimum atomic E-state index is 0.311. The maximum Gasteiger partial charge on any atom is 0.142 e. The van der Waals surface area contributed by atoms with Crippen LogP contribution in [0.4, 0.5) is 11.4 Å². The van der Waals surface area contributed by atoms with Gasteiger partial charge in [-0.05, 0) is 36.8 Å². The monoisotopic (exact) mass is 318 g/mol. The minimum absolute atomic E-state index is 0.311. The molecule has 0 saturated carbocycles. The molecule has 21 heavy (non-hydrogen) atoms. The van der Waals surface area contributed by atoms with E-state index in [2.05, 4.69) is 11.0 Å². The molecule has 0 bridgehead atoms. The van der Waals surface area contributed by atoms with E-state index in [4.69, 9.17) is 34.3 Å². The zero-order chi connectivity index (χ0) is 14.8. The number of para-hydroxylation sites is 2. The van der Waals surface area contributed by atoms with Crippen LogP contribution in [0.3, 0.4) is 0 Å². The van der Waals surface area contributed by atoms with Gasteiger partial charge in [0.2, 0.25) is 0 Å². The van der Waals surface area contributed by atoms with Gasteiger partial charge in [0, 0.05) is 17.8 Å². The molecule has 0 aromatic heterocycles. The van der Waals surface area contributed by atoms with Gasteiger partial charge in [0.05, 0.1) is 17.3 Å². The highest BCUT2D eigenvalue weighted by Crippen LogP contribution is 2.37. The minimum Gasteiger partial charge on any atom is -0.491 e. The summed E-state index contributed by atoms with van der Waals surface area (Å²) in [7, 11) is 0. The zero-order valence-electron chi connectivity index (χ0n) is 11.4. The first-order chi connectivity index (χ1) is 10.2. The Balaban J connectivity index is 2.04. The van der Waals surface area contributed by atoms with Crippen molar-refractivity contribution in [3.8, 4) is 5.75 Å². The molecule has 5 heteroatoms. The second kappa shape index (κ2) is 5.92. The summed E-state index contributed by atoms with van der Waals surface area (Å²) in [6.07, 6.45) is 0.948. The van der Waals surface area contributed by atoms with Gasteiger partial charge in [-0.3, -0.25) is 0 Å². The fourth-order valence-electron chi connectivity index (χ4n) is 2.47. The van der Waals surface area contributed by atoms with Crippen molar-refractivity contribution in [3.05, 3.63) is 53.1 Å². The molecule has 3 rings (SSSR count). The Morgan fingerprint density at radius 3 is 2.81 bits per heavy atom. The van der Waals surface area contributed by atoms with Crippen LogP contribution in [-0.4, -0.2) is 18.1 Å². The molecular formula is C16H15ClN2OS. The Labute approximate surface area is 134 Å². The number of ether oxygens (including phenoxy) is 1. The fourth-order valence-corrected chi connectivity index (χ4v) is 2.98. The Morgan fingerprint density at radius 2 is 2.05 bits per heavy atom. The van der Waals surface area contributed by atoms with Crippen molar-refractivity contribution in [2.45, 2.75) is 6.42 Å². The van der Waals surface area contributed by atoms with Gasteiger partial charge in [0.15, 0.2) is 0 Å². The first-order valence-electron chi connectivity index (χ1n) is 6.75. The lowest BCUT2D eigenvalue weighted by molar-refractivity contribution is 0.322. The van der Waals surface area contributed by atoms with E-state index in [0.29, 0.717) is 22.2 Å². The average molecular weight is 319 g/mol. The normalized spacial score (nSPS) is 14.0. The molecule has 0 aliphatic carbocycles. The van der Waals surface area contributed by atoms with Crippen molar-refractivity contribution in [1.82, 2.24) is 0 Å². The van der Waals surface area contributed by atoms with E-state index in [1.807, 2.05) is 36.4 Å². The lowest BCUT2D eigenvalue weighted by Crippen LogP contribution is -2.18. The fraction of sp³-hybridized carbons (Fsp3) is 0.188. The SMILES string of the molecule is NC(=S)c1ccc(N2CCCOc3ccccc32)cc1Cl. The number of hydrogen-bond donors (Lipinski definition) is 1. The number of benzene rings is 2. The van der Waals surface area contributed by atoms with Crippen LogP contribution in [0.25, 0.3) is 0 Å². The molecule has 2 aromatic carbocycles. The quantitative estimate of drug-likeness (QED) is 0.852. The van der Waals surface area contributed by atoms with Crippen molar-refractivity contribution in [2.24, 2.45) is 5.73 Å². The molecule has 108 valence electrons. The molecule has 1 aliphatic heterocycles. The van der Waals surface area contributed by atoms with Gasteiger partial charge < -0.3 is 15.4 Å². The number of halogens is 1. The number of anilines is 2. The summed E-state index contributed by atoms with van der Waals surface area (Å²) in [5.41, 5.74) is 8.42. The molecule has 0 saturated heterocycles. The summed E-state index contributed by atoms with van der Waals surface area (Å²) in [6, 6.07) is 13.8. The number of nitrogens with two attached hydrogens (primary N) is 1. The van der Waals surface area contributed by atoms with E-state index in [9.17, 15) is 0 Å². The van der Waals surface area contributed by atoms with Crippen LogP contribution in [0, 0.1) is 0 Å². The van der Waals surface area contributed by atoms with Crippen LogP contribution in [0.2, 0.25) is 5.02 Å². The van der Waals surface area contributed by atoms with Crippen LogP contribution < -0.4 is 15.4 Å². The van der Waals surface area contributed by atoms with E-state index >= 15 is 0 Å². The van der Waals surface area contributed by atoms with Gasteiger partial charge in [-0.1, -0.05) is 36.0 Å². The highest BCUT2D eigenvalue weighted by atomic mass is 35.5. The second-order valence-electron chi connectivity index (χ2n) is 4.85. The van der Waals surface area contributed by atoms with Crippen molar-refractivity contribution in [2.75, 3.05) is 18.1 Å². The predicted molar refractivity (Wildman–Crippen MR) is 90.9 cm³/mol. The van der Waals surface area contributed by atoms with Gasteiger partial charge in [-0.25, -0.2) is 0 Å². The molecule has 0 unspecified atom stereocenters. The van der Waals surface area contributed by atoms with Crippen LogP contribution >= 0.6 is 23.8 Å². The van der Waals surface area contributed by atoms with Crippen molar-refractivity contribution in [3.63, 3.8) is 0 Å². The molecule has 2 aromatic rings. The topological polar surface area (TPSA) is 38.5 Å². The van der Waals surface area contributed by atoms with Crippen LogP contribution in [0.15, 0.2) is 42.5 Å². The van der Waals surface area contributed by atoms with Crippen LogP contribution in [-0.2, 0) is 0 Å². The summed E-state index contributed by atoms with van der Waals surface area (Å²) >= 11 is 11.3. The Bertz CT molecular complexity index is 690. The maximum absolute atomic E-state index is 6.29.